The highest BCUT2D eigenvalue weighted by Crippen LogP contribution is 2.42. The van der Waals surface area contributed by atoms with E-state index in [0.29, 0.717) is 17.9 Å². The van der Waals surface area contributed by atoms with Gasteiger partial charge in [0.15, 0.2) is 0 Å². The third kappa shape index (κ3) is 6.25. The summed E-state index contributed by atoms with van der Waals surface area (Å²) in [5.74, 6) is 1.15. The lowest BCUT2D eigenvalue weighted by atomic mass is 10.1. The van der Waals surface area contributed by atoms with Crippen LogP contribution >= 0.6 is 11.8 Å². The van der Waals surface area contributed by atoms with Gasteiger partial charge in [-0.2, -0.15) is 0 Å². The zero-order valence-electron chi connectivity index (χ0n) is 21.3. The molecule has 5 nitrogen and oxygen atoms in total. The summed E-state index contributed by atoms with van der Waals surface area (Å²) in [6, 6.07) is 19.7. The van der Waals surface area contributed by atoms with E-state index in [4.69, 9.17) is 4.74 Å². The molecule has 0 spiro atoms. The predicted molar refractivity (Wildman–Crippen MR) is 145 cm³/mol. The van der Waals surface area contributed by atoms with E-state index in [1.165, 1.54) is 5.56 Å². The number of carbonyl (C=O) groups excluding carboxylic acids is 2. The summed E-state index contributed by atoms with van der Waals surface area (Å²) in [5.41, 5.74) is 6.66. The van der Waals surface area contributed by atoms with Crippen LogP contribution in [0.2, 0.25) is 0 Å². The summed E-state index contributed by atoms with van der Waals surface area (Å²) in [5, 5.41) is 2.92. The SMILES string of the molecule is CC.COc1cc(C)cc(CNC(=O)c2ccc(N3C(=O)CSC3c3ccc(C)cc3)c(C)c2)c1. The molecule has 184 valence electrons. The van der Waals surface area contributed by atoms with Gasteiger partial charge in [0.25, 0.3) is 5.91 Å². The monoisotopic (exact) mass is 490 g/mol. The first-order valence-corrected chi connectivity index (χ1v) is 12.9. The summed E-state index contributed by atoms with van der Waals surface area (Å²) in [4.78, 5) is 27.4. The second-order valence-electron chi connectivity index (χ2n) is 8.38. The van der Waals surface area contributed by atoms with Crippen LogP contribution in [0, 0.1) is 20.8 Å². The van der Waals surface area contributed by atoms with Crippen molar-refractivity contribution in [3.8, 4) is 5.75 Å². The fourth-order valence-electron chi connectivity index (χ4n) is 4.06. The van der Waals surface area contributed by atoms with Crippen LogP contribution in [0.3, 0.4) is 0 Å². The largest absolute Gasteiger partial charge is 0.497 e. The maximum absolute atomic E-state index is 12.8. The number of amides is 2. The fourth-order valence-corrected chi connectivity index (χ4v) is 5.23. The van der Waals surface area contributed by atoms with Crippen molar-refractivity contribution in [1.82, 2.24) is 5.32 Å². The second kappa shape index (κ2) is 11.9. The molecule has 35 heavy (non-hydrogen) atoms. The number of nitrogens with one attached hydrogen (secondary N) is 1. The molecule has 4 rings (SSSR count). The molecule has 6 heteroatoms. The molecule has 1 saturated heterocycles. The van der Waals surface area contributed by atoms with E-state index in [1.54, 1.807) is 24.9 Å². The molecule has 1 aliphatic heterocycles. The van der Waals surface area contributed by atoms with Crippen molar-refractivity contribution in [3.63, 3.8) is 0 Å². The number of nitrogens with zero attached hydrogens (tertiary/aromatic N) is 1. The third-order valence-electron chi connectivity index (χ3n) is 5.75. The Morgan fingerprint density at radius 3 is 2.37 bits per heavy atom. The lowest BCUT2D eigenvalue weighted by Crippen LogP contribution is -2.29. The molecule has 0 aromatic heterocycles. The number of hydrogen-bond donors (Lipinski definition) is 1. The highest BCUT2D eigenvalue weighted by Gasteiger charge is 2.34. The lowest BCUT2D eigenvalue weighted by molar-refractivity contribution is -0.115. The van der Waals surface area contributed by atoms with Crippen LogP contribution in [0.4, 0.5) is 5.69 Å². The molecule has 0 radical (unpaired) electrons. The van der Waals surface area contributed by atoms with Crippen LogP contribution in [0.25, 0.3) is 0 Å². The van der Waals surface area contributed by atoms with Crippen molar-refractivity contribution >= 4 is 29.3 Å². The number of aryl methyl sites for hydroxylation is 3. The van der Waals surface area contributed by atoms with Crippen LogP contribution in [-0.4, -0.2) is 24.7 Å². The zero-order chi connectivity index (χ0) is 25.5. The van der Waals surface area contributed by atoms with Crippen LogP contribution in [0.1, 0.15) is 57.4 Å². The van der Waals surface area contributed by atoms with Gasteiger partial charge in [0.05, 0.1) is 12.9 Å². The first-order chi connectivity index (χ1) is 16.9. The van der Waals surface area contributed by atoms with Gasteiger partial charge in [-0.25, -0.2) is 0 Å². The maximum Gasteiger partial charge on any atom is 0.251 e. The molecule has 0 saturated carbocycles. The van der Waals surface area contributed by atoms with E-state index in [2.05, 4.69) is 36.5 Å². The van der Waals surface area contributed by atoms with Crippen molar-refractivity contribution in [2.24, 2.45) is 0 Å². The molecular formula is C29H34N2O3S. The molecule has 1 fully saturated rings. The highest BCUT2D eigenvalue weighted by atomic mass is 32.2. The van der Waals surface area contributed by atoms with E-state index >= 15 is 0 Å². The van der Waals surface area contributed by atoms with Crippen molar-refractivity contribution in [1.29, 1.82) is 0 Å². The first-order valence-electron chi connectivity index (χ1n) is 11.9. The Morgan fingerprint density at radius 1 is 1.00 bits per heavy atom. The second-order valence-corrected chi connectivity index (χ2v) is 9.45. The molecule has 0 aliphatic carbocycles. The predicted octanol–water partition coefficient (Wildman–Crippen LogP) is 6.36. The number of rotatable bonds is 6. The van der Waals surface area contributed by atoms with Gasteiger partial charge < -0.3 is 10.1 Å². The van der Waals surface area contributed by atoms with Crippen LogP contribution in [0.15, 0.2) is 60.7 Å². The van der Waals surface area contributed by atoms with E-state index in [-0.39, 0.29) is 17.2 Å². The molecule has 1 unspecified atom stereocenters. The van der Waals surface area contributed by atoms with Crippen molar-refractivity contribution in [3.05, 3.63) is 94.0 Å². The third-order valence-corrected chi connectivity index (χ3v) is 6.96. The van der Waals surface area contributed by atoms with Crippen molar-refractivity contribution in [2.45, 2.75) is 46.5 Å². The molecule has 2 amide bonds. The highest BCUT2D eigenvalue weighted by molar-refractivity contribution is 8.00. The minimum Gasteiger partial charge on any atom is -0.497 e. The number of ether oxygens (including phenoxy) is 1. The van der Waals surface area contributed by atoms with Gasteiger partial charge in [-0.05, 0) is 73.4 Å². The average molecular weight is 491 g/mol. The molecule has 1 aliphatic rings. The van der Waals surface area contributed by atoms with Crippen LogP contribution in [0.5, 0.6) is 5.75 Å². The Labute approximate surface area is 212 Å². The summed E-state index contributed by atoms with van der Waals surface area (Å²) in [7, 11) is 1.63. The number of thioether (sulfide) groups is 1. The summed E-state index contributed by atoms with van der Waals surface area (Å²) < 4.78 is 5.31. The molecule has 0 bridgehead atoms. The number of hydrogen-bond acceptors (Lipinski definition) is 4. The molecule has 1 atom stereocenters. The Morgan fingerprint density at radius 2 is 1.71 bits per heavy atom. The number of methoxy groups -OCH3 is 1. The topological polar surface area (TPSA) is 58.6 Å². The molecular weight excluding hydrogens is 456 g/mol. The van der Waals surface area contributed by atoms with E-state index in [9.17, 15) is 9.59 Å². The normalized spacial score (nSPS) is 14.9. The fraction of sp³-hybridized carbons (Fsp3) is 0.310. The summed E-state index contributed by atoms with van der Waals surface area (Å²) in [6.07, 6.45) is 0. The number of anilines is 1. The minimum absolute atomic E-state index is 0.0622. The minimum atomic E-state index is -0.151. The van der Waals surface area contributed by atoms with E-state index in [0.717, 1.165) is 33.7 Å². The number of carbonyl (C=O) groups is 2. The van der Waals surface area contributed by atoms with Gasteiger partial charge in [0.1, 0.15) is 11.1 Å². The molecule has 3 aromatic rings. The van der Waals surface area contributed by atoms with Gasteiger partial charge in [-0.15, -0.1) is 11.8 Å². The van der Waals surface area contributed by atoms with Gasteiger partial charge in [-0.1, -0.05) is 49.7 Å². The van der Waals surface area contributed by atoms with Crippen molar-refractivity contribution < 1.29 is 14.3 Å². The van der Waals surface area contributed by atoms with Gasteiger partial charge >= 0.3 is 0 Å². The Balaban J connectivity index is 0.00000167. The summed E-state index contributed by atoms with van der Waals surface area (Å²) in [6.45, 7) is 10.4. The standard InChI is InChI=1S/C27H28N2O3S.C2H6/c1-17-5-7-21(8-6-17)27-29(25(30)16-33-27)24-10-9-22(13-19(24)3)26(31)28-15-20-11-18(2)12-23(14-20)32-4;1-2/h5-14,27H,15-16H2,1-4H3,(H,28,31);1-2H3. The van der Waals surface area contributed by atoms with E-state index in [1.807, 2.05) is 62.9 Å². The smallest absolute Gasteiger partial charge is 0.251 e. The molecule has 1 heterocycles. The van der Waals surface area contributed by atoms with Crippen LogP contribution in [-0.2, 0) is 11.3 Å². The van der Waals surface area contributed by atoms with Gasteiger partial charge in [-0.3, -0.25) is 14.5 Å². The maximum atomic E-state index is 12.8. The first kappa shape index (κ1) is 26.4. The van der Waals surface area contributed by atoms with Gasteiger partial charge in [0.2, 0.25) is 5.91 Å². The zero-order valence-corrected chi connectivity index (χ0v) is 22.2. The molecule has 1 N–H and O–H groups in total. The quantitative estimate of drug-likeness (QED) is 0.437. The molecule has 3 aromatic carbocycles. The lowest BCUT2D eigenvalue weighted by Gasteiger charge is -2.26. The Kier molecular flexibility index (Phi) is 8.99. The Hall–Kier alpha value is -3.25. The Bertz CT molecular complexity index is 1190. The average Bonchev–Trinajstić information content (AvgIpc) is 3.24. The van der Waals surface area contributed by atoms with E-state index < -0.39 is 0 Å². The number of benzene rings is 3. The van der Waals surface area contributed by atoms with Gasteiger partial charge in [0, 0.05) is 17.8 Å². The summed E-state index contributed by atoms with van der Waals surface area (Å²) >= 11 is 1.63. The van der Waals surface area contributed by atoms with Crippen LogP contribution < -0.4 is 15.0 Å². The van der Waals surface area contributed by atoms with Crippen molar-refractivity contribution in [2.75, 3.05) is 17.8 Å².